The Bertz CT molecular complexity index is 849. The Balaban J connectivity index is 1.77. The first-order chi connectivity index (χ1) is 14.5. The largest absolute Gasteiger partial charge is 0.453 e. The van der Waals surface area contributed by atoms with Crippen molar-refractivity contribution in [3.8, 4) is 11.5 Å². The third kappa shape index (κ3) is 4.98. The van der Waals surface area contributed by atoms with Crippen LogP contribution in [0.25, 0.3) is 0 Å². The number of likely N-dealkylation sites (tertiary alicyclic amines) is 1. The average molecular weight is 417 g/mol. The van der Waals surface area contributed by atoms with Gasteiger partial charge in [-0.2, -0.15) is 0 Å². The van der Waals surface area contributed by atoms with E-state index in [1.807, 2.05) is 11.0 Å². The number of hydrogen-bond donors (Lipinski definition) is 0. The minimum atomic E-state index is -0.454. The maximum absolute atomic E-state index is 14.9. The van der Waals surface area contributed by atoms with Gasteiger partial charge in [-0.05, 0) is 54.0 Å². The van der Waals surface area contributed by atoms with Gasteiger partial charge in [0, 0.05) is 19.0 Å². The first kappa shape index (κ1) is 22.2. The van der Waals surface area contributed by atoms with Gasteiger partial charge >= 0.3 is 0 Å². The van der Waals surface area contributed by atoms with Gasteiger partial charge in [0.1, 0.15) is 12.1 Å². The summed E-state index contributed by atoms with van der Waals surface area (Å²) in [6.45, 7) is 8.63. The highest BCUT2D eigenvalue weighted by atomic mass is 19.1. The van der Waals surface area contributed by atoms with Crippen LogP contribution in [0.15, 0.2) is 48.3 Å². The molecule has 1 aromatic carbocycles. The summed E-state index contributed by atoms with van der Waals surface area (Å²) in [5.74, 6) is 0.0797. The van der Waals surface area contributed by atoms with Crippen LogP contribution in [0.3, 0.4) is 0 Å². The molecule has 2 aliphatic rings. The zero-order valence-corrected chi connectivity index (χ0v) is 17.6. The van der Waals surface area contributed by atoms with E-state index in [4.69, 9.17) is 9.47 Å². The summed E-state index contributed by atoms with van der Waals surface area (Å²) in [6.07, 6.45) is 7.68. The fourth-order valence-electron chi connectivity index (χ4n) is 4.17. The Hall–Kier alpha value is -2.47. The topological polar surface area (TPSA) is 38.8 Å². The standard InChI is InChI=1S/C24H29F2NO3/c1-4-6-17(16(3)5-2)9-20(25)13-21-10-19(14-27(21)7-8-28)18-11-22(26)24-23(12-18)29-15-30-24/h4,6,8-9,11-12,16,19,21H,1,5,7,10,13-15H2,2-3H3/b17-6+,20-9+/t16?,19-,21-/m1/s1. The second-order valence-electron chi connectivity index (χ2n) is 7.95. The van der Waals surface area contributed by atoms with Gasteiger partial charge in [0.25, 0.3) is 0 Å². The number of rotatable bonds is 9. The molecular weight excluding hydrogens is 388 g/mol. The van der Waals surface area contributed by atoms with Crippen LogP contribution >= 0.6 is 0 Å². The molecule has 162 valence electrons. The molecule has 3 atom stereocenters. The van der Waals surface area contributed by atoms with E-state index in [0.29, 0.717) is 18.7 Å². The number of nitrogens with zero attached hydrogens (tertiary/aromatic N) is 1. The number of ether oxygens (including phenoxy) is 2. The predicted octanol–water partition coefficient (Wildman–Crippen LogP) is 5.31. The van der Waals surface area contributed by atoms with Gasteiger partial charge in [0.05, 0.1) is 6.54 Å². The van der Waals surface area contributed by atoms with Crippen LogP contribution < -0.4 is 9.47 Å². The minimum Gasteiger partial charge on any atom is -0.453 e. The van der Waals surface area contributed by atoms with Crippen LogP contribution in [0.1, 0.15) is 44.6 Å². The van der Waals surface area contributed by atoms with Crippen molar-refractivity contribution in [1.82, 2.24) is 4.90 Å². The van der Waals surface area contributed by atoms with Crippen LogP contribution in [-0.4, -0.2) is 37.1 Å². The summed E-state index contributed by atoms with van der Waals surface area (Å²) in [6, 6.07) is 3.11. The molecule has 30 heavy (non-hydrogen) atoms. The van der Waals surface area contributed by atoms with Gasteiger partial charge in [-0.15, -0.1) is 0 Å². The fourth-order valence-corrected chi connectivity index (χ4v) is 4.17. The summed E-state index contributed by atoms with van der Waals surface area (Å²) in [5.41, 5.74) is 1.69. The lowest BCUT2D eigenvalue weighted by atomic mass is 9.93. The lowest BCUT2D eigenvalue weighted by Crippen LogP contribution is -2.31. The number of hydrogen-bond acceptors (Lipinski definition) is 4. The van der Waals surface area contributed by atoms with E-state index in [-0.39, 0.29) is 49.2 Å². The molecule has 0 amide bonds. The van der Waals surface area contributed by atoms with E-state index in [0.717, 1.165) is 23.8 Å². The van der Waals surface area contributed by atoms with E-state index >= 15 is 0 Å². The average Bonchev–Trinajstić information content (AvgIpc) is 3.35. The maximum atomic E-state index is 14.9. The van der Waals surface area contributed by atoms with Crippen molar-refractivity contribution in [3.05, 3.63) is 59.7 Å². The smallest absolute Gasteiger partial charge is 0.231 e. The van der Waals surface area contributed by atoms with Gasteiger partial charge in [0.2, 0.25) is 12.5 Å². The van der Waals surface area contributed by atoms with E-state index in [1.165, 1.54) is 6.07 Å². The molecule has 0 N–H and O–H groups in total. The van der Waals surface area contributed by atoms with Crippen molar-refractivity contribution in [2.45, 2.75) is 45.1 Å². The molecule has 3 rings (SSSR count). The zero-order chi connectivity index (χ0) is 21.7. The van der Waals surface area contributed by atoms with E-state index in [1.54, 1.807) is 18.2 Å². The number of allylic oxidation sites excluding steroid dienone is 4. The Labute approximate surface area is 176 Å². The molecule has 0 radical (unpaired) electrons. The molecule has 2 aliphatic heterocycles. The van der Waals surface area contributed by atoms with Crippen molar-refractivity contribution in [2.75, 3.05) is 19.9 Å². The molecular formula is C24H29F2NO3. The second kappa shape index (κ2) is 10.0. The number of carbonyl (C=O) groups excluding carboxylic acids is 1. The highest BCUT2D eigenvalue weighted by molar-refractivity contribution is 5.52. The number of halogens is 2. The van der Waals surface area contributed by atoms with Gasteiger partial charge < -0.3 is 14.3 Å². The van der Waals surface area contributed by atoms with Crippen LogP contribution in [0.2, 0.25) is 0 Å². The highest BCUT2D eigenvalue weighted by Crippen LogP contribution is 2.41. The maximum Gasteiger partial charge on any atom is 0.231 e. The molecule has 0 aliphatic carbocycles. The van der Waals surface area contributed by atoms with Crippen LogP contribution in [-0.2, 0) is 4.79 Å². The van der Waals surface area contributed by atoms with Gasteiger partial charge in [-0.1, -0.05) is 32.6 Å². The molecule has 4 nitrogen and oxygen atoms in total. The first-order valence-electron chi connectivity index (χ1n) is 10.4. The summed E-state index contributed by atoms with van der Waals surface area (Å²) >= 11 is 0. The highest BCUT2D eigenvalue weighted by Gasteiger charge is 2.34. The Morgan fingerprint density at radius 2 is 2.20 bits per heavy atom. The molecule has 0 bridgehead atoms. The van der Waals surface area contributed by atoms with Crippen molar-refractivity contribution in [2.24, 2.45) is 5.92 Å². The summed E-state index contributed by atoms with van der Waals surface area (Å²) < 4.78 is 39.7. The molecule has 1 saturated heterocycles. The third-order valence-corrected chi connectivity index (χ3v) is 6.00. The van der Waals surface area contributed by atoms with E-state index in [2.05, 4.69) is 20.4 Å². The van der Waals surface area contributed by atoms with Crippen molar-refractivity contribution in [1.29, 1.82) is 0 Å². The number of benzene rings is 1. The molecule has 0 spiro atoms. The van der Waals surface area contributed by atoms with E-state index in [9.17, 15) is 13.6 Å². The summed E-state index contributed by atoms with van der Waals surface area (Å²) in [5, 5.41) is 0. The number of carbonyl (C=O) groups is 1. The Kier molecular flexibility index (Phi) is 7.43. The first-order valence-corrected chi connectivity index (χ1v) is 10.4. The lowest BCUT2D eigenvalue weighted by molar-refractivity contribution is -0.109. The molecule has 1 aromatic rings. The molecule has 1 fully saturated rings. The van der Waals surface area contributed by atoms with E-state index < -0.39 is 5.82 Å². The van der Waals surface area contributed by atoms with Gasteiger partial charge in [0.15, 0.2) is 11.6 Å². The zero-order valence-electron chi connectivity index (χ0n) is 17.6. The molecule has 2 heterocycles. The molecule has 6 heteroatoms. The molecule has 1 unspecified atom stereocenters. The quantitative estimate of drug-likeness (QED) is 0.403. The predicted molar refractivity (Wildman–Crippen MR) is 113 cm³/mol. The Morgan fingerprint density at radius 3 is 2.90 bits per heavy atom. The van der Waals surface area contributed by atoms with Crippen molar-refractivity contribution in [3.63, 3.8) is 0 Å². The van der Waals surface area contributed by atoms with Crippen molar-refractivity contribution >= 4 is 6.29 Å². The van der Waals surface area contributed by atoms with Crippen LogP contribution in [0.4, 0.5) is 8.78 Å². The second-order valence-corrected chi connectivity index (χ2v) is 7.95. The molecule has 0 aromatic heterocycles. The number of fused-ring (bicyclic) bond motifs is 1. The molecule has 0 saturated carbocycles. The van der Waals surface area contributed by atoms with Crippen LogP contribution in [0.5, 0.6) is 11.5 Å². The van der Waals surface area contributed by atoms with Crippen LogP contribution in [0, 0.1) is 11.7 Å². The monoisotopic (exact) mass is 417 g/mol. The SMILES string of the molecule is C=C/C=C(\C=C(\F)C[C@H]1C[C@@H](c2cc(F)c3c(c2)OCO3)CN1CC=O)C(C)CC. The minimum absolute atomic E-state index is 0.00696. The normalized spacial score (nSPS) is 22.9. The lowest BCUT2D eigenvalue weighted by Gasteiger charge is -2.21. The number of aldehydes is 1. The summed E-state index contributed by atoms with van der Waals surface area (Å²) in [4.78, 5) is 13.1. The van der Waals surface area contributed by atoms with Crippen molar-refractivity contribution < 1.29 is 23.0 Å². The van der Waals surface area contributed by atoms with Gasteiger partial charge in [-0.25, -0.2) is 8.78 Å². The van der Waals surface area contributed by atoms with Gasteiger partial charge in [-0.3, -0.25) is 4.90 Å². The Morgan fingerprint density at radius 1 is 1.40 bits per heavy atom. The summed E-state index contributed by atoms with van der Waals surface area (Å²) in [7, 11) is 0. The third-order valence-electron chi connectivity index (χ3n) is 6.00. The fraction of sp³-hybridized carbons (Fsp3) is 0.458.